The van der Waals surface area contributed by atoms with Crippen molar-refractivity contribution in [3.8, 4) is 0 Å². The van der Waals surface area contributed by atoms with Gasteiger partial charge in [0.25, 0.3) is 0 Å². The molecule has 1 heterocycles. The fourth-order valence-electron chi connectivity index (χ4n) is 2.49. The van der Waals surface area contributed by atoms with E-state index >= 15 is 0 Å². The Morgan fingerprint density at radius 2 is 2.05 bits per heavy atom. The quantitative estimate of drug-likeness (QED) is 0.677. The van der Waals surface area contributed by atoms with E-state index in [1.54, 1.807) is 7.11 Å². The van der Waals surface area contributed by atoms with Crippen LogP contribution in [-0.4, -0.2) is 36.1 Å². The predicted molar refractivity (Wildman–Crippen MR) is 84.1 cm³/mol. The van der Waals surface area contributed by atoms with E-state index in [0.29, 0.717) is 12.1 Å². The number of nitrogens with zero attached hydrogens (tertiary/aromatic N) is 2. The first-order chi connectivity index (χ1) is 9.74. The summed E-state index contributed by atoms with van der Waals surface area (Å²) in [6, 6.07) is 3.12. The molecule has 1 unspecified atom stereocenters. The van der Waals surface area contributed by atoms with Crippen molar-refractivity contribution in [2.75, 3.05) is 20.3 Å². The number of ether oxygens (including phenoxy) is 1. The van der Waals surface area contributed by atoms with E-state index in [4.69, 9.17) is 9.84 Å². The van der Waals surface area contributed by atoms with Gasteiger partial charge in [-0.2, -0.15) is 5.10 Å². The highest BCUT2D eigenvalue weighted by Gasteiger charge is 2.11. The standard InChI is InChI=1S/C16H31N3O/c1-5-11-17-15(13-20-4)9-8-14-10-12-19(18-14)16(6-2)7-3/h10,12,15-17H,5-9,11,13H2,1-4H3. The normalized spacial score (nSPS) is 13.1. The molecule has 0 radical (unpaired) electrons. The molecule has 1 rings (SSSR count). The molecule has 0 spiro atoms. The van der Waals surface area contributed by atoms with Crippen LogP contribution >= 0.6 is 0 Å². The lowest BCUT2D eigenvalue weighted by Gasteiger charge is -2.17. The fourth-order valence-corrected chi connectivity index (χ4v) is 2.49. The number of hydrogen-bond donors (Lipinski definition) is 1. The molecule has 116 valence electrons. The van der Waals surface area contributed by atoms with Gasteiger partial charge in [0.1, 0.15) is 0 Å². The minimum absolute atomic E-state index is 0.429. The SMILES string of the molecule is CCCNC(CCc1ccn(C(CC)CC)n1)COC. The van der Waals surface area contributed by atoms with Crippen molar-refractivity contribution in [1.82, 2.24) is 15.1 Å². The third-order valence-electron chi connectivity index (χ3n) is 3.78. The molecule has 0 saturated heterocycles. The third-order valence-corrected chi connectivity index (χ3v) is 3.78. The van der Waals surface area contributed by atoms with E-state index in [1.165, 1.54) is 5.69 Å². The van der Waals surface area contributed by atoms with Gasteiger partial charge in [0.05, 0.1) is 18.3 Å². The highest BCUT2D eigenvalue weighted by Crippen LogP contribution is 2.15. The molecular weight excluding hydrogens is 250 g/mol. The summed E-state index contributed by atoms with van der Waals surface area (Å²) in [5, 5.41) is 8.25. The third kappa shape index (κ3) is 5.63. The molecule has 0 saturated carbocycles. The van der Waals surface area contributed by atoms with Gasteiger partial charge in [0.15, 0.2) is 0 Å². The van der Waals surface area contributed by atoms with Gasteiger partial charge in [-0.3, -0.25) is 4.68 Å². The highest BCUT2D eigenvalue weighted by atomic mass is 16.5. The average Bonchev–Trinajstić information content (AvgIpc) is 2.92. The first kappa shape index (κ1) is 17.2. The zero-order chi connectivity index (χ0) is 14.8. The number of rotatable bonds is 11. The van der Waals surface area contributed by atoms with Crippen LogP contribution in [0.15, 0.2) is 12.3 Å². The Hall–Kier alpha value is -0.870. The number of aromatic nitrogens is 2. The van der Waals surface area contributed by atoms with Crippen LogP contribution in [-0.2, 0) is 11.2 Å². The van der Waals surface area contributed by atoms with Crippen LogP contribution in [0.25, 0.3) is 0 Å². The van der Waals surface area contributed by atoms with Gasteiger partial charge in [-0.15, -0.1) is 0 Å². The molecular formula is C16H31N3O. The van der Waals surface area contributed by atoms with Crippen LogP contribution in [0, 0.1) is 0 Å². The Labute approximate surface area is 123 Å². The first-order valence-corrected chi connectivity index (χ1v) is 8.01. The molecule has 0 bridgehead atoms. The largest absolute Gasteiger partial charge is 0.383 e. The van der Waals surface area contributed by atoms with Crippen LogP contribution in [0.5, 0.6) is 0 Å². The number of hydrogen-bond acceptors (Lipinski definition) is 3. The van der Waals surface area contributed by atoms with Crippen LogP contribution < -0.4 is 5.32 Å². The molecule has 4 nitrogen and oxygen atoms in total. The number of aryl methyl sites for hydroxylation is 1. The van der Waals surface area contributed by atoms with Gasteiger partial charge in [0.2, 0.25) is 0 Å². The summed E-state index contributed by atoms with van der Waals surface area (Å²) >= 11 is 0. The summed E-state index contributed by atoms with van der Waals surface area (Å²) in [6.07, 6.45) is 7.65. The van der Waals surface area contributed by atoms with Crippen molar-refractivity contribution >= 4 is 0 Å². The Kier molecular flexibility index (Phi) is 8.54. The molecule has 0 aliphatic heterocycles. The monoisotopic (exact) mass is 281 g/mol. The van der Waals surface area contributed by atoms with Gasteiger partial charge in [0, 0.05) is 19.3 Å². The zero-order valence-electron chi connectivity index (χ0n) is 13.6. The second-order valence-electron chi connectivity index (χ2n) is 5.40. The Morgan fingerprint density at radius 3 is 2.65 bits per heavy atom. The molecule has 20 heavy (non-hydrogen) atoms. The Morgan fingerprint density at radius 1 is 1.30 bits per heavy atom. The van der Waals surface area contributed by atoms with Crippen molar-refractivity contribution in [1.29, 1.82) is 0 Å². The van der Waals surface area contributed by atoms with Crippen LogP contribution in [0.2, 0.25) is 0 Å². The van der Waals surface area contributed by atoms with Gasteiger partial charge in [-0.05, 0) is 44.7 Å². The lowest BCUT2D eigenvalue weighted by molar-refractivity contribution is 0.162. The minimum Gasteiger partial charge on any atom is -0.383 e. The van der Waals surface area contributed by atoms with Crippen LogP contribution in [0.4, 0.5) is 0 Å². The summed E-state index contributed by atoms with van der Waals surface area (Å²) < 4.78 is 7.40. The molecule has 0 fully saturated rings. The Bertz CT molecular complexity index is 347. The molecule has 1 aromatic heterocycles. The van der Waals surface area contributed by atoms with Crippen LogP contribution in [0.1, 0.15) is 58.2 Å². The van der Waals surface area contributed by atoms with Gasteiger partial charge in [-0.1, -0.05) is 20.8 Å². The molecule has 0 amide bonds. The average molecular weight is 281 g/mol. The molecule has 1 atom stereocenters. The van der Waals surface area contributed by atoms with Gasteiger partial charge >= 0.3 is 0 Å². The maximum Gasteiger partial charge on any atom is 0.0625 e. The summed E-state index contributed by atoms with van der Waals surface area (Å²) in [6.45, 7) is 8.45. The number of methoxy groups -OCH3 is 1. The van der Waals surface area contributed by atoms with Crippen molar-refractivity contribution in [3.05, 3.63) is 18.0 Å². The summed E-state index contributed by atoms with van der Waals surface area (Å²) in [5.74, 6) is 0. The van der Waals surface area contributed by atoms with Gasteiger partial charge < -0.3 is 10.1 Å². The van der Waals surface area contributed by atoms with E-state index in [1.807, 2.05) is 0 Å². The summed E-state index contributed by atoms with van der Waals surface area (Å²) in [5.41, 5.74) is 1.19. The maximum absolute atomic E-state index is 5.28. The second kappa shape index (κ2) is 9.94. The smallest absolute Gasteiger partial charge is 0.0625 e. The molecule has 4 heteroatoms. The Balaban J connectivity index is 2.46. The zero-order valence-corrected chi connectivity index (χ0v) is 13.6. The number of nitrogens with one attached hydrogen (secondary N) is 1. The van der Waals surface area contributed by atoms with E-state index in [9.17, 15) is 0 Å². The molecule has 0 aliphatic carbocycles. The molecule has 1 N–H and O–H groups in total. The van der Waals surface area contributed by atoms with Gasteiger partial charge in [-0.25, -0.2) is 0 Å². The minimum atomic E-state index is 0.429. The van der Waals surface area contributed by atoms with Crippen molar-refractivity contribution in [3.63, 3.8) is 0 Å². The highest BCUT2D eigenvalue weighted by molar-refractivity contribution is 5.00. The van der Waals surface area contributed by atoms with Crippen LogP contribution in [0.3, 0.4) is 0 Å². The fraction of sp³-hybridized carbons (Fsp3) is 0.812. The molecule has 0 aliphatic rings. The maximum atomic E-state index is 5.28. The second-order valence-corrected chi connectivity index (χ2v) is 5.40. The topological polar surface area (TPSA) is 39.1 Å². The van der Waals surface area contributed by atoms with E-state index in [0.717, 1.165) is 45.3 Å². The van der Waals surface area contributed by atoms with Crippen molar-refractivity contribution in [2.24, 2.45) is 0 Å². The first-order valence-electron chi connectivity index (χ1n) is 8.01. The predicted octanol–water partition coefficient (Wildman–Crippen LogP) is 3.19. The van der Waals surface area contributed by atoms with Crippen molar-refractivity contribution in [2.45, 2.75) is 65.0 Å². The van der Waals surface area contributed by atoms with Crippen molar-refractivity contribution < 1.29 is 4.74 Å². The van der Waals surface area contributed by atoms with E-state index in [2.05, 4.69) is 43.0 Å². The lowest BCUT2D eigenvalue weighted by atomic mass is 10.1. The molecule has 1 aromatic rings. The summed E-state index contributed by atoms with van der Waals surface area (Å²) in [7, 11) is 1.77. The summed E-state index contributed by atoms with van der Waals surface area (Å²) in [4.78, 5) is 0. The van der Waals surface area contributed by atoms with E-state index < -0.39 is 0 Å². The molecule has 0 aromatic carbocycles. The van der Waals surface area contributed by atoms with E-state index in [-0.39, 0.29) is 0 Å². The lowest BCUT2D eigenvalue weighted by Crippen LogP contribution is -2.34.